The topological polar surface area (TPSA) is 102 Å². The minimum Gasteiger partial charge on any atom is -0.726 e. The first-order chi connectivity index (χ1) is 13.3. The summed E-state index contributed by atoms with van der Waals surface area (Å²) in [5.74, 6) is 0. The van der Waals surface area contributed by atoms with Crippen LogP contribution in [0.4, 0.5) is 0 Å². The Morgan fingerprint density at radius 3 is 1.96 bits per heavy atom. The number of aliphatic hydroxyl groups excluding tert-OH is 1. The summed E-state index contributed by atoms with van der Waals surface area (Å²) in [7, 11) is -4.42. The SMILES string of the molecule is CCCCCCCCCCCCC(C(C)O)[N+]1=CNCC1.CCOS(=O)(=O)[O-]. The molecule has 0 amide bonds. The van der Waals surface area contributed by atoms with Gasteiger partial charge in [0.2, 0.25) is 16.7 Å². The number of nitrogens with zero attached hydrogens (tertiary/aromatic N) is 1. The molecule has 0 saturated heterocycles. The van der Waals surface area contributed by atoms with Crippen molar-refractivity contribution >= 4 is 16.7 Å². The second-order valence-corrected chi connectivity index (χ2v) is 8.47. The van der Waals surface area contributed by atoms with Crippen LogP contribution in [0, 0.1) is 0 Å². The van der Waals surface area contributed by atoms with Gasteiger partial charge in [0.15, 0.2) is 0 Å². The van der Waals surface area contributed by atoms with Crippen molar-refractivity contribution in [3.05, 3.63) is 0 Å². The lowest BCUT2D eigenvalue weighted by Crippen LogP contribution is -2.35. The second kappa shape index (κ2) is 17.2. The van der Waals surface area contributed by atoms with Crippen molar-refractivity contribution in [1.29, 1.82) is 0 Å². The van der Waals surface area contributed by atoms with Crippen LogP contribution in [0.25, 0.3) is 0 Å². The standard InChI is InChI=1S/C18H36N2O.C2H6O4S/c1-3-4-5-6-7-8-9-10-11-12-13-18(17(2)21)20-15-14-19-16-20;1-2-6-7(3,4)5/h16-18,21H,3-15H2,1-2H3;2H2,1H3,(H,3,4,5). The fraction of sp³-hybridized carbons (Fsp3) is 0.950. The van der Waals surface area contributed by atoms with Crippen molar-refractivity contribution in [2.75, 3.05) is 19.7 Å². The van der Waals surface area contributed by atoms with Crippen molar-refractivity contribution in [2.24, 2.45) is 0 Å². The van der Waals surface area contributed by atoms with Gasteiger partial charge in [-0.15, -0.1) is 0 Å². The van der Waals surface area contributed by atoms with E-state index in [0.717, 1.165) is 19.5 Å². The van der Waals surface area contributed by atoms with E-state index in [1.165, 1.54) is 71.1 Å². The number of rotatable bonds is 15. The van der Waals surface area contributed by atoms with Crippen LogP contribution >= 0.6 is 0 Å². The number of aliphatic hydroxyl groups is 1. The van der Waals surface area contributed by atoms with Crippen LogP contribution < -0.4 is 5.32 Å². The zero-order chi connectivity index (χ0) is 21.3. The number of hydrogen-bond acceptors (Lipinski definition) is 6. The maximum absolute atomic E-state index is 9.93. The van der Waals surface area contributed by atoms with Crippen LogP contribution in [0.1, 0.15) is 91.4 Å². The van der Waals surface area contributed by atoms with E-state index in [-0.39, 0.29) is 12.7 Å². The maximum Gasteiger partial charge on any atom is 0.232 e. The molecular weight excluding hydrogens is 380 g/mol. The summed E-state index contributed by atoms with van der Waals surface area (Å²) in [6, 6.07) is 0.300. The molecule has 0 aliphatic carbocycles. The van der Waals surface area contributed by atoms with Gasteiger partial charge in [0.25, 0.3) is 0 Å². The van der Waals surface area contributed by atoms with Crippen molar-refractivity contribution in [3.8, 4) is 0 Å². The molecule has 0 fully saturated rings. The Bertz CT molecular complexity index is 495. The molecule has 1 heterocycles. The highest BCUT2D eigenvalue weighted by molar-refractivity contribution is 7.80. The summed E-state index contributed by atoms with van der Waals surface area (Å²) >= 11 is 0. The molecule has 0 radical (unpaired) electrons. The van der Waals surface area contributed by atoms with Gasteiger partial charge in [0.1, 0.15) is 19.1 Å². The Morgan fingerprint density at radius 1 is 1.07 bits per heavy atom. The largest absolute Gasteiger partial charge is 0.726 e. The molecule has 1 rings (SSSR count). The first-order valence-electron chi connectivity index (χ1n) is 10.9. The lowest BCUT2D eigenvalue weighted by atomic mass is 10.0. The molecule has 1 aliphatic rings. The molecule has 2 unspecified atom stereocenters. The van der Waals surface area contributed by atoms with E-state index >= 15 is 0 Å². The minimum absolute atomic E-state index is 0.0914. The van der Waals surface area contributed by atoms with E-state index in [4.69, 9.17) is 0 Å². The third-order valence-corrected chi connectivity index (χ3v) is 5.39. The Hall–Kier alpha value is -0.700. The van der Waals surface area contributed by atoms with E-state index < -0.39 is 10.4 Å². The van der Waals surface area contributed by atoms with Crippen molar-refractivity contribution in [2.45, 2.75) is 104 Å². The average molecular weight is 423 g/mol. The van der Waals surface area contributed by atoms with Gasteiger partial charge in [-0.3, -0.25) is 14.1 Å². The molecule has 7 nitrogen and oxygen atoms in total. The van der Waals surface area contributed by atoms with Gasteiger partial charge in [0.05, 0.1) is 12.7 Å². The van der Waals surface area contributed by atoms with Crippen LogP contribution in [0.15, 0.2) is 0 Å². The lowest BCUT2D eigenvalue weighted by molar-refractivity contribution is -0.564. The van der Waals surface area contributed by atoms with Gasteiger partial charge in [-0.05, 0) is 26.7 Å². The minimum atomic E-state index is -4.42. The van der Waals surface area contributed by atoms with Crippen LogP contribution in [0.2, 0.25) is 0 Å². The quantitative estimate of drug-likeness (QED) is 0.182. The first kappa shape index (κ1) is 27.3. The molecule has 0 aromatic heterocycles. The average Bonchev–Trinajstić information content (AvgIpc) is 3.13. The lowest BCUT2D eigenvalue weighted by Gasteiger charge is -2.19. The molecule has 2 atom stereocenters. The summed E-state index contributed by atoms with van der Waals surface area (Å²) in [5, 5.41) is 13.2. The summed E-state index contributed by atoms with van der Waals surface area (Å²) in [5.41, 5.74) is 0. The fourth-order valence-corrected chi connectivity index (χ4v) is 3.66. The van der Waals surface area contributed by atoms with E-state index in [2.05, 4.69) is 21.0 Å². The van der Waals surface area contributed by atoms with E-state index in [9.17, 15) is 18.1 Å². The smallest absolute Gasteiger partial charge is 0.232 e. The van der Waals surface area contributed by atoms with E-state index in [0.29, 0.717) is 6.04 Å². The molecule has 2 N–H and O–H groups in total. The first-order valence-corrected chi connectivity index (χ1v) is 12.3. The third kappa shape index (κ3) is 16.3. The molecule has 0 saturated carbocycles. The van der Waals surface area contributed by atoms with Gasteiger partial charge < -0.3 is 9.66 Å². The zero-order valence-corrected chi connectivity index (χ0v) is 18.9. The zero-order valence-electron chi connectivity index (χ0n) is 18.1. The van der Waals surface area contributed by atoms with Crippen molar-refractivity contribution in [1.82, 2.24) is 5.32 Å². The normalized spacial score (nSPS) is 16.0. The number of unbranched alkanes of at least 4 members (excludes halogenated alkanes) is 9. The van der Waals surface area contributed by atoms with Gasteiger partial charge in [0, 0.05) is 0 Å². The molecule has 168 valence electrons. The van der Waals surface area contributed by atoms with Gasteiger partial charge >= 0.3 is 0 Å². The molecule has 0 spiro atoms. The molecule has 0 aromatic carbocycles. The molecule has 1 aliphatic heterocycles. The molecule has 8 heteroatoms. The van der Waals surface area contributed by atoms with E-state index in [1.54, 1.807) is 0 Å². The summed E-state index contributed by atoms with van der Waals surface area (Å²) < 4.78 is 34.3. The molecule has 0 aromatic rings. The Labute approximate surface area is 172 Å². The summed E-state index contributed by atoms with van der Waals surface area (Å²) in [4.78, 5) is 0. The van der Waals surface area contributed by atoms with Gasteiger partial charge in [-0.2, -0.15) is 0 Å². The second-order valence-electron chi connectivity index (χ2n) is 7.41. The Morgan fingerprint density at radius 2 is 1.61 bits per heavy atom. The van der Waals surface area contributed by atoms with Gasteiger partial charge in [-0.25, -0.2) is 8.42 Å². The molecule has 0 bridgehead atoms. The van der Waals surface area contributed by atoms with E-state index in [1.807, 2.05) is 13.3 Å². The van der Waals surface area contributed by atoms with Crippen molar-refractivity contribution < 1.29 is 26.8 Å². The summed E-state index contributed by atoms with van der Waals surface area (Å²) in [6.07, 6.45) is 16.7. The Balaban J connectivity index is 0.000000887. The Kier molecular flexibility index (Phi) is 16.8. The van der Waals surface area contributed by atoms with Crippen LogP contribution in [-0.2, 0) is 14.6 Å². The molecule has 28 heavy (non-hydrogen) atoms. The maximum atomic E-state index is 9.93. The van der Waals surface area contributed by atoms with Gasteiger partial charge in [-0.1, -0.05) is 64.7 Å². The van der Waals surface area contributed by atoms with Crippen LogP contribution in [0.3, 0.4) is 0 Å². The van der Waals surface area contributed by atoms with Crippen LogP contribution in [0.5, 0.6) is 0 Å². The highest BCUT2D eigenvalue weighted by Crippen LogP contribution is 2.14. The summed E-state index contributed by atoms with van der Waals surface area (Å²) in [6.45, 7) is 7.58. The fourth-order valence-electron chi connectivity index (χ4n) is 3.37. The predicted octanol–water partition coefficient (Wildman–Crippen LogP) is 3.17. The highest BCUT2D eigenvalue weighted by atomic mass is 32.3. The number of hydrogen-bond donors (Lipinski definition) is 2. The van der Waals surface area contributed by atoms with Crippen molar-refractivity contribution in [3.63, 3.8) is 0 Å². The highest BCUT2D eigenvalue weighted by Gasteiger charge is 2.24. The monoisotopic (exact) mass is 422 g/mol. The number of nitrogens with one attached hydrogen (secondary N) is 1. The third-order valence-electron chi connectivity index (χ3n) is 4.87. The predicted molar refractivity (Wildman–Crippen MR) is 112 cm³/mol. The van der Waals surface area contributed by atoms with Crippen LogP contribution in [-0.4, -0.2) is 60.8 Å². The molecular formula is C20H42N2O5S.